The van der Waals surface area contributed by atoms with Gasteiger partial charge < -0.3 is 44.8 Å². The van der Waals surface area contributed by atoms with Gasteiger partial charge in [-0.2, -0.15) is 0 Å². The molecule has 0 bridgehead atoms. The first-order valence-electron chi connectivity index (χ1n) is 8.56. The van der Waals surface area contributed by atoms with Crippen LogP contribution in [0.1, 0.15) is 5.56 Å². The van der Waals surface area contributed by atoms with Crippen molar-refractivity contribution in [3.8, 4) is 5.75 Å². The van der Waals surface area contributed by atoms with Crippen LogP contribution in [0.3, 0.4) is 0 Å². The van der Waals surface area contributed by atoms with E-state index in [0.717, 1.165) is 6.08 Å². The van der Waals surface area contributed by atoms with Crippen LogP contribution in [0, 0.1) is 0 Å². The van der Waals surface area contributed by atoms with Gasteiger partial charge in [-0.25, -0.2) is 4.79 Å². The Morgan fingerprint density at radius 3 is 2.43 bits per heavy atom. The van der Waals surface area contributed by atoms with E-state index in [1.807, 2.05) is 0 Å². The van der Waals surface area contributed by atoms with E-state index in [1.165, 1.54) is 18.2 Å². The Kier molecular flexibility index (Phi) is 8.33. The van der Waals surface area contributed by atoms with E-state index in [2.05, 4.69) is 0 Å². The number of hydrogen-bond acceptors (Lipinski definition) is 10. The summed E-state index contributed by atoms with van der Waals surface area (Å²) < 4.78 is 15.1. The van der Waals surface area contributed by atoms with Gasteiger partial charge in [0.2, 0.25) is 0 Å². The number of aromatic hydroxyl groups is 1. The molecule has 0 spiro atoms. The molecule has 0 amide bonds. The smallest absolute Gasteiger partial charge is 0.330 e. The van der Waals surface area contributed by atoms with E-state index in [0.29, 0.717) is 5.56 Å². The van der Waals surface area contributed by atoms with Crippen LogP contribution < -0.4 is 0 Å². The molecule has 0 radical (unpaired) electrons. The van der Waals surface area contributed by atoms with Gasteiger partial charge in [-0.05, 0) is 23.8 Å². The quantitative estimate of drug-likeness (QED) is 0.215. The molecule has 1 fully saturated rings. The van der Waals surface area contributed by atoms with Crippen molar-refractivity contribution in [2.45, 2.75) is 36.8 Å². The number of ether oxygens (including phenoxy) is 3. The molecule has 28 heavy (non-hydrogen) atoms. The monoisotopic (exact) mass is 400 g/mol. The van der Waals surface area contributed by atoms with Gasteiger partial charge in [0.15, 0.2) is 6.29 Å². The largest absolute Gasteiger partial charge is 0.508 e. The second kappa shape index (κ2) is 10.5. The van der Waals surface area contributed by atoms with Crippen molar-refractivity contribution in [3.05, 3.63) is 35.9 Å². The fourth-order valence-corrected chi connectivity index (χ4v) is 2.44. The Bertz CT molecular complexity index is 644. The highest BCUT2D eigenvalue weighted by atomic mass is 16.7. The van der Waals surface area contributed by atoms with Crippen molar-refractivity contribution in [2.75, 3.05) is 19.8 Å². The van der Waals surface area contributed by atoms with Gasteiger partial charge in [0.25, 0.3) is 0 Å². The van der Waals surface area contributed by atoms with Crippen LogP contribution >= 0.6 is 0 Å². The third-order valence-corrected chi connectivity index (χ3v) is 4.02. The van der Waals surface area contributed by atoms with Gasteiger partial charge in [-0.3, -0.25) is 0 Å². The maximum absolute atomic E-state index is 11.6. The van der Waals surface area contributed by atoms with Crippen molar-refractivity contribution in [1.29, 1.82) is 0 Å². The molecule has 156 valence electrons. The maximum Gasteiger partial charge on any atom is 0.330 e. The van der Waals surface area contributed by atoms with Crippen LogP contribution in [0.5, 0.6) is 5.75 Å². The van der Waals surface area contributed by atoms with Crippen LogP contribution in [-0.4, -0.2) is 93.2 Å². The zero-order valence-electron chi connectivity index (χ0n) is 14.9. The van der Waals surface area contributed by atoms with E-state index in [1.54, 1.807) is 12.1 Å². The number of carbonyl (C=O) groups is 1. The number of aliphatic hydroxyl groups excluding tert-OH is 5. The van der Waals surface area contributed by atoms with Crippen LogP contribution in [0.15, 0.2) is 30.3 Å². The number of phenolic OH excluding ortho intramolecular Hbond substituents is 1. The van der Waals surface area contributed by atoms with Gasteiger partial charge in [0, 0.05) is 6.08 Å². The molecule has 10 heteroatoms. The van der Waals surface area contributed by atoms with E-state index in [-0.39, 0.29) is 5.75 Å². The average molecular weight is 400 g/mol. The Hall–Kier alpha value is -2.05. The van der Waals surface area contributed by atoms with Crippen LogP contribution in [0.2, 0.25) is 0 Å². The van der Waals surface area contributed by atoms with E-state index >= 15 is 0 Å². The number of phenols is 1. The van der Waals surface area contributed by atoms with E-state index < -0.39 is 62.6 Å². The molecular formula is C18H24O10. The van der Waals surface area contributed by atoms with E-state index in [4.69, 9.17) is 19.3 Å². The van der Waals surface area contributed by atoms with E-state index in [9.17, 15) is 30.3 Å². The normalized spacial score (nSPS) is 29.0. The summed E-state index contributed by atoms with van der Waals surface area (Å²) in [6, 6.07) is 6.13. The highest BCUT2D eigenvalue weighted by Gasteiger charge is 2.44. The molecule has 2 rings (SSSR count). The summed E-state index contributed by atoms with van der Waals surface area (Å²) in [5, 5.41) is 57.2. The van der Waals surface area contributed by atoms with Crippen molar-refractivity contribution in [1.82, 2.24) is 0 Å². The Morgan fingerprint density at radius 1 is 1.11 bits per heavy atom. The van der Waals surface area contributed by atoms with Crippen molar-refractivity contribution in [3.63, 3.8) is 0 Å². The third-order valence-electron chi connectivity index (χ3n) is 4.02. The second-order valence-corrected chi connectivity index (χ2v) is 6.24. The molecule has 1 aromatic carbocycles. The molecule has 10 nitrogen and oxygen atoms in total. The lowest BCUT2D eigenvalue weighted by Crippen LogP contribution is -2.59. The summed E-state index contributed by atoms with van der Waals surface area (Å²) in [5.41, 5.74) is 0.668. The maximum atomic E-state index is 11.6. The SMILES string of the molecule is O=C(C=Cc1ccc(O)cc1)OC[C@@H](O)CO[C@@H]1O[C@H](CO)[C@@H](O)[C@H](O)[C@H]1O. The molecule has 0 aliphatic carbocycles. The lowest BCUT2D eigenvalue weighted by Gasteiger charge is -2.39. The topological polar surface area (TPSA) is 166 Å². The third kappa shape index (κ3) is 6.24. The summed E-state index contributed by atoms with van der Waals surface area (Å²) in [6.07, 6.45) is -5.80. The highest BCUT2D eigenvalue weighted by molar-refractivity contribution is 5.87. The van der Waals surface area contributed by atoms with Crippen LogP contribution in [0.4, 0.5) is 0 Å². The van der Waals surface area contributed by atoms with Crippen LogP contribution in [-0.2, 0) is 19.0 Å². The summed E-state index contributed by atoms with van der Waals surface area (Å²) in [4.78, 5) is 11.6. The van der Waals surface area contributed by atoms with Crippen molar-refractivity contribution >= 4 is 12.0 Å². The van der Waals surface area contributed by atoms with Gasteiger partial charge in [-0.1, -0.05) is 12.1 Å². The lowest BCUT2D eigenvalue weighted by molar-refractivity contribution is -0.304. The fourth-order valence-electron chi connectivity index (χ4n) is 2.44. The molecule has 0 unspecified atom stereocenters. The van der Waals surface area contributed by atoms with Crippen molar-refractivity contribution < 1.29 is 49.6 Å². The van der Waals surface area contributed by atoms with Gasteiger partial charge >= 0.3 is 5.97 Å². The summed E-state index contributed by atoms with van der Waals surface area (Å²) >= 11 is 0. The molecule has 0 saturated carbocycles. The number of aliphatic hydroxyl groups is 5. The number of esters is 1. The molecular weight excluding hydrogens is 376 g/mol. The predicted octanol–water partition coefficient (Wildman–Crippen LogP) is -1.87. The van der Waals surface area contributed by atoms with Gasteiger partial charge in [-0.15, -0.1) is 0 Å². The summed E-state index contributed by atoms with van der Waals surface area (Å²) in [5.74, 6) is -0.609. The highest BCUT2D eigenvalue weighted by Crippen LogP contribution is 2.22. The number of hydrogen-bond donors (Lipinski definition) is 6. The zero-order chi connectivity index (χ0) is 20.7. The predicted molar refractivity (Wildman–Crippen MR) is 93.8 cm³/mol. The zero-order valence-corrected chi connectivity index (χ0v) is 14.9. The second-order valence-electron chi connectivity index (χ2n) is 6.24. The summed E-state index contributed by atoms with van der Waals surface area (Å²) in [7, 11) is 0. The molecule has 1 aliphatic heterocycles. The Labute approximate surface area is 160 Å². The number of rotatable bonds is 8. The molecule has 6 atom stereocenters. The molecule has 1 heterocycles. The van der Waals surface area contributed by atoms with Crippen LogP contribution in [0.25, 0.3) is 6.08 Å². The minimum absolute atomic E-state index is 0.0993. The fraction of sp³-hybridized carbons (Fsp3) is 0.500. The molecule has 1 aliphatic rings. The minimum atomic E-state index is -1.59. The first-order valence-corrected chi connectivity index (χ1v) is 8.56. The molecule has 6 N–H and O–H groups in total. The Morgan fingerprint density at radius 2 is 1.79 bits per heavy atom. The first-order chi connectivity index (χ1) is 13.3. The summed E-state index contributed by atoms with van der Waals surface area (Å²) in [6.45, 7) is -1.38. The van der Waals surface area contributed by atoms with Gasteiger partial charge in [0.1, 0.15) is 42.9 Å². The lowest BCUT2D eigenvalue weighted by atomic mass is 9.99. The molecule has 1 saturated heterocycles. The Balaban J connectivity index is 1.73. The molecule has 1 aromatic rings. The van der Waals surface area contributed by atoms with Gasteiger partial charge in [0.05, 0.1) is 13.2 Å². The number of benzene rings is 1. The van der Waals surface area contributed by atoms with Crippen molar-refractivity contribution in [2.24, 2.45) is 0 Å². The standard InChI is InChI=1S/C18H24O10/c19-7-13-15(23)16(24)17(25)18(28-13)27-9-12(21)8-26-14(22)6-3-10-1-4-11(20)5-2-10/h1-6,12-13,15-21,23-25H,7-9H2/t12-,13-,15-,16+,17-,18-/m1/s1. The first kappa shape index (κ1) is 22.2. The number of carbonyl (C=O) groups excluding carboxylic acids is 1. The average Bonchev–Trinajstić information content (AvgIpc) is 2.69. The minimum Gasteiger partial charge on any atom is -0.508 e. The molecule has 0 aromatic heterocycles.